The van der Waals surface area contributed by atoms with Crippen molar-refractivity contribution < 1.29 is 4.74 Å². The topological polar surface area (TPSA) is 35.2 Å². The van der Waals surface area contributed by atoms with Crippen LogP contribution in [0.2, 0.25) is 0 Å². The summed E-state index contributed by atoms with van der Waals surface area (Å²) in [4.78, 5) is 0. The lowest BCUT2D eigenvalue weighted by Gasteiger charge is -2.46. The van der Waals surface area contributed by atoms with Gasteiger partial charge in [0.1, 0.15) is 0 Å². The van der Waals surface area contributed by atoms with Crippen LogP contribution in [-0.2, 0) is 4.74 Å². The summed E-state index contributed by atoms with van der Waals surface area (Å²) in [7, 11) is 0. The minimum atomic E-state index is 0.0877. The van der Waals surface area contributed by atoms with E-state index in [1.807, 2.05) is 0 Å². The molecule has 0 radical (unpaired) electrons. The van der Waals surface area contributed by atoms with Gasteiger partial charge in [-0.1, -0.05) is 27.2 Å². The standard InChI is InChI=1S/C17H33NO/c1-13(2)16-9-8-14(3)12-17(16,18)10-4-6-15-7-5-11-19-15/h13-16H,4-12,18H2,1-3H3. The number of nitrogens with two attached hydrogens (primary N) is 1. The highest BCUT2D eigenvalue weighted by molar-refractivity contribution is 4.97. The minimum absolute atomic E-state index is 0.0877. The first-order valence-electron chi connectivity index (χ1n) is 8.42. The molecule has 19 heavy (non-hydrogen) atoms. The van der Waals surface area contributed by atoms with Gasteiger partial charge in [-0.3, -0.25) is 0 Å². The zero-order valence-corrected chi connectivity index (χ0v) is 13.2. The van der Waals surface area contributed by atoms with Crippen LogP contribution in [-0.4, -0.2) is 18.2 Å². The molecule has 2 fully saturated rings. The van der Waals surface area contributed by atoms with Gasteiger partial charge in [-0.25, -0.2) is 0 Å². The molecule has 112 valence electrons. The third-order valence-electron chi connectivity index (χ3n) is 5.43. The molecule has 1 saturated heterocycles. The highest BCUT2D eigenvalue weighted by atomic mass is 16.5. The summed E-state index contributed by atoms with van der Waals surface area (Å²) in [5.74, 6) is 2.25. The molecule has 2 aliphatic rings. The summed E-state index contributed by atoms with van der Waals surface area (Å²) < 4.78 is 5.73. The molecule has 2 N–H and O–H groups in total. The third kappa shape index (κ3) is 3.95. The van der Waals surface area contributed by atoms with E-state index in [4.69, 9.17) is 10.5 Å². The van der Waals surface area contributed by atoms with E-state index in [0.717, 1.165) is 18.4 Å². The molecule has 4 atom stereocenters. The van der Waals surface area contributed by atoms with Crippen LogP contribution < -0.4 is 5.73 Å². The predicted octanol–water partition coefficient (Wildman–Crippen LogP) is 4.13. The Balaban J connectivity index is 1.85. The largest absolute Gasteiger partial charge is 0.378 e. The van der Waals surface area contributed by atoms with Crippen molar-refractivity contribution >= 4 is 0 Å². The summed E-state index contributed by atoms with van der Waals surface area (Å²) in [5, 5.41) is 0. The van der Waals surface area contributed by atoms with Gasteiger partial charge in [-0.15, -0.1) is 0 Å². The normalized spacial score (nSPS) is 39.9. The summed E-state index contributed by atoms with van der Waals surface area (Å²) in [6.45, 7) is 8.05. The zero-order valence-electron chi connectivity index (χ0n) is 13.2. The number of hydrogen-bond donors (Lipinski definition) is 1. The van der Waals surface area contributed by atoms with Crippen LogP contribution in [0.3, 0.4) is 0 Å². The maximum Gasteiger partial charge on any atom is 0.0576 e. The predicted molar refractivity (Wildman–Crippen MR) is 81.1 cm³/mol. The first-order valence-corrected chi connectivity index (χ1v) is 8.42. The Hall–Kier alpha value is -0.0800. The lowest BCUT2D eigenvalue weighted by Crippen LogP contribution is -2.52. The van der Waals surface area contributed by atoms with Gasteiger partial charge >= 0.3 is 0 Å². The van der Waals surface area contributed by atoms with E-state index < -0.39 is 0 Å². The van der Waals surface area contributed by atoms with Gasteiger partial charge in [0.2, 0.25) is 0 Å². The van der Waals surface area contributed by atoms with Crippen LogP contribution in [0.15, 0.2) is 0 Å². The lowest BCUT2D eigenvalue weighted by molar-refractivity contribution is 0.0794. The van der Waals surface area contributed by atoms with Crippen molar-refractivity contribution in [3.63, 3.8) is 0 Å². The molecular formula is C17H33NO. The molecule has 0 amide bonds. The van der Waals surface area contributed by atoms with Crippen molar-refractivity contribution in [3.8, 4) is 0 Å². The van der Waals surface area contributed by atoms with Gasteiger partial charge in [-0.2, -0.15) is 0 Å². The van der Waals surface area contributed by atoms with E-state index in [0.29, 0.717) is 12.0 Å². The van der Waals surface area contributed by atoms with Crippen LogP contribution in [0.25, 0.3) is 0 Å². The molecule has 2 rings (SSSR count). The second kappa shape index (κ2) is 6.58. The summed E-state index contributed by atoms with van der Waals surface area (Å²) in [6.07, 6.45) is 10.6. The Morgan fingerprint density at radius 1 is 1.26 bits per heavy atom. The van der Waals surface area contributed by atoms with Crippen molar-refractivity contribution in [2.45, 2.75) is 83.8 Å². The Kier molecular flexibility index (Phi) is 5.30. The highest BCUT2D eigenvalue weighted by Gasteiger charge is 2.40. The summed E-state index contributed by atoms with van der Waals surface area (Å²) >= 11 is 0. The van der Waals surface area contributed by atoms with Crippen molar-refractivity contribution in [3.05, 3.63) is 0 Å². The second-order valence-electron chi connectivity index (χ2n) is 7.50. The van der Waals surface area contributed by atoms with E-state index >= 15 is 0 Å². The number of hydrogen-bond acceptors (Lipinski definition) is 2. The van der Waals surface area contributed by atoms with Crippen LogP contribution in [0.4, 0.5) is 0 Å². The summed E-state index contributed by atoms with van der Waals surface area (Å²) in [5.41, 5.74) is 6.93. The molecule has 2 heteroatoms. The molecule has 4 unspecified atom stereocenters. The first kappa shape index (κ1) is 15.3. The molecule has 0 spiro atoms. The Bertz CT molecular complexity index is 272. The van der Waals surface area contributed by atoms with Crippen molar-refractivity contribution in [2.75, 3.05) is 6.61 Å². The quantitative estimate of drug-likeness (QED) is 0.813. The molecule has 0 aromatic heterocycles. The zero-order chi connectivity index (χ0) is 13.9. The first-order chi connectivity index (χ1) is 9.01. The average Bonchev–Trinajstić information content (AvgIpc) is 2.81. The maximum absolute atomic E-state index is 6.84. The van der Waals surface area contributed by atoms with Gasteiger partial charge in [0.05, 0.1) is 6.10 Å². The number of rotatable bonds is 5. The Labute approximate surface area is 119 Å². The fourth-order valence-electron chi connectivity index (χ4n) is 4.47. The highest BCUT2D eigenvalue weighted by Crippen LogP contribution is 2.42. The molecule has 1 aliphatic heterocycles. The van der Waals surface area contributed by atoms with Crippen molar-refractivity contribution in [1.29, 1.82) is 0 Å². The van der Waals surface area contributed by atoms with Crippen LogP contribution in [0.5, 0.6) is 0 Å². The smallest absolute Gasteiger partial charge is 0.0576 e. The van der Waals surface area contributed by atoms with E-state index in [1.54, 1.807) is 0 Å². The van der Waals surface area contributed by atoms with Gasteiger partial charge in [0.25, 0.3) is 0 Å². The van der Waals surface area contributed by atoms with Gasteiger partial charge in [0.15, 0.2) is 0 Å². The minimum Gasteiger partial charge on any atom is -0.378 e. The molecule has 2 nitrogen and oxygen atoms in total. The van der Waals surface area contributed by atoms with E-state index in [-0.39, 0.29) is 5.54 Å². The second-order valence-corrected chi connectivity index (χ2v) is 7.50. The molecule has 0 bridgehead atoms. The van der Waals surface area contributed by atoms with Gasteiger partial charge in [0, 0.05) is 12.1 Å². The summed E-state index contributed by atoms with van der Waals surface area (Å²) in [6, 6.07) is 0. The lowest BCUT2D eigenvalue weighted by atomic mass is 9.63. The fraction of sp³-hybridized carbons (Fsp3) is 1.00. The average molecular weight is 267 g/mol. The Morgan fingerprint density at radius 3 is 2.68 bits per heavy atom. The van der Waals surface area contributed by atoms with E-state index in [1.165, 1.54) is 51.4 Å². The molecule has 0 aromatic rings. The van der Waals surface area contributed by atoms with Crippen molar-refractivity contribution in [1.82, 2.24) is 0 Å². The Morgan fingerprint density at radius 2 is 2.05 bits per heavy atom. The molecular weight excluding hydrogens is 234 g/mol. The third-order valence-corrected chi connectivity index (χ3v) is 5.43. The molecule has 1 saturated carbocycles. The molecule has 0 aromatic carbocycles. The van der Waals surface area contributed by atoms with Crippen LogP contribution in [0, 0.1) is 17.8 Å². The SMILES string of the molecule is CC1CCC(C(C)C)C(N)(CCCC2CCCO2)C1. The fourth-order valence-corrected chi connectivity index (χ4v) is 4.47. The van der Waals surface area contributed by atoms with Crippen LogP contribution in [0.1, 0.15) is 72.1 Å². The van der Waals surface area contributed by atoms with Crippen molar-refractivity contribution in [2.24, 2.45) is 23.5 Å². The maximum atomic E-state index is 6.84. The monoisotopic (exact) mass is 267 g/mol. The molecule has 1 heterocycles. The van der Waals surface area contributed by atoms with Crippen LogP contribution >= 0.6 is 0 Å². The van der Waals surface area contributed by atoms with E-state index in [2.05, 4.69) is 20.8 Å². The van der Waals surface area contributed by atoms with Gasteiger partial charge in [-0.05, 0) is 62.7 Å². The number of ether oxygens (including phenoxy) is 1. The van der Waals surface area contributed by atoms with E-state index in [9.17, 15) is 0 Å². The molecule has 1 aliphatic carbocycles. The van der Waals surface area contributed by atoms with Gasteiger partial charge < -0.3 is 10.5 Å².